The van der Waals surface area contributed by atoms with Crippen LogP contribution in [0.4, 0.5) is 5.69 Å². The van der Waals surface area contributed by atoms with Gasteiger partial charge in [-0.15, -0.1) is 0 Å². The van der Waals surface area contributed by atoms with Gasteiger partial charge in [-0.3, -0.25) is 5.43 Å². The summed E-state index contributed by atoms with van der Waals surface area (Å²) < 4.78 is 10.4. The average Bonchev–Trinajstić information content (AvgIpc) is 2.56. The number of hydrogen-bond acceptors (Lipinski definition) is 4. The summed E-state index contributed by atoms with van der Waals surface area (Å²) in [5.74, 6) is 1.24. The first-order valence-electron chi connectivity index (χ1n) is 6.80. The zero-order valence-electron chi connectivity index (χ0n) is 13.0. The molecular weight excluding hydrogens is 369 g/mol. The summed E-state index contributed by atoms with van der Waals surface area (Å²) in [5, 5.41) is 8.43. The third-order valence-electron chi connectivity index (χ3n) is 2.97. The maximum absolute atomic E-state index is 6.06. The number of nitrogens with zero attached hydrogens (tertiary/aromatic N) is 1. The molecule has 0 saturated carbocycles. The molecule has 0 aliphatic rings. The number of hydrazone groups is 1. The first-order chi connectivity index (χ1) is 11.5. The Bertz CT molecular complexity index is 769. The number of hydrogen-bond donors (Lipinski definition) is 2. The van der Waals surface area contributed by atoms with E-state index >= 15 is 0 Å². The van der Waals surface area contributed by atoms with Crippen molar-refractivity contribution in [2.75, 3.05) is 19.5 Å². The van der Waals surface area contributed by atoms with Crippen LogP contribution >= 0.6 is 35.4 Å². The monoisotopic (exact) mass is 383 g/mol. The van der Waals surface area contributed by atoms with Crippen LogP contribution in [0.25, 0.3) is 0 Å². The minimum absolute atomic E-state index is 0.323. The van der Waals surface area contributed by atoms with Crippen molar-refractivity contribution < 1.29 is 9.47 Å². The van der Waals surface area contributed by atoms with Gasteiger partial charge in [-0.25, -0.2) is 0 Å². The highest BCUT2D eigenvalue weighted by molar-refractivity contribution is 7.80. The molecule has 2 aromatic rings. The van der Waals surface area contributed by atoms with Crippen molar-refractivity contribution in [3.05, 3.63) is 52.0 Å². The van der Waals surface area contributed by atoms with Gasteiger partial charge in [-0.1, -0.05) is 29.3 Å². The number of benzene rings is 2. The molecule has 0 spiro atoms. The lowest BCUT2D eigenvalue weighted by Gasteiger charge is -2.11. The van der Waals surface area contributed by atoms with E-state index in [0.29, 0.717) is 26.7 Å². The molecular formula is C16H15Cl2N3O2S. The zero-order chi connectivity index (χ0) is 17.5. The first kappa shape index (κ1) is 18.3. The fraction of sp³-hybridized carbons (Fsp3) is 0.125. The van der Waals surface area contributed by atoms with Crippen molar-refractivity contribution in [2.24, 2.45) is 5.10 Å². The molecule has 0 saturated heterocycles. The average molecular weight is 384 g/mol. The van der Waals surface area contributed by atoms with E-state index in [4.69, 9.17) is 44.9 Å². The Hall–Kier alpha value is -2.02. The van der Waals surface area contributed by atoms with Gasteiger partial charge >= 0.3 is 0 Å². The highest BCUT2D eigenvalue weighted by Crippen LogP contribution is 2.29. The van der Waals surface area contributed by atoms with Crippen LogP contribution in [-0.4, -0.2) is 25.5 Å². The van der Waals surface area contributed by atoms with Crippen molar-refractivity contribution in [1.29, 1.82) is 0 Å². The number of anilines is 1. The van der Waals surface area contributed by atoms with Crippen LogP contribution in [0.1, 0.15) is 5.56 Å². The molecule has 2 rings (SSSR count). The SMILES string of the molecule is COc1ccc(NC(=S)NN=Cc2ccc(Cl)cc2Cl)cc1OC. The van der Waals surface area contributed by atoms with Gasteiger partial charge < -0.3 is 14.8 Å². The van der Waals surface area contributed by atoms with Crippen LogP contribution in [0.2, 0.25) is 10.0 Å². The molecule has 0 amide bonds. The molecule has 126 valence electrons. The molecule has 24 heavy (non-hydrogen) atoms. The topological polar surface area (TPSA) is 54.9 Å². The highest BCUT2D eigenvalue weighted by Gasteiger charge is 2.05. The normalized spacial score (nSPS) is 10.5. The minimum Gasteiger partial charge on any atom is -0.493 e. The molecule has 2 aromatic carbocycles. The maximum atomic E-state index is 6.06. The molecule has 8 heteroatoms. The van der Waals surface area contributed by atoms with Crippen LogP contribution < -0.4 is 20.2 Å². The largest absolute Gasteiger partial charge is 0.493 e. The molecule has 0 radical (unpaired) electrons. The number of methoxy groups -OCH3 is 2. The summed E-state index contributed by atoms with van der Waals surface area (Å²) in [4.78, 5) is 0. The van der Waals surface area contributed by atoms with Crippen LogP contribution in [0.5, 0.6) is 11.5 Å². The standard InChI is InChI=1S/C16H15Cl2N3O2S/c1-22-14-6-5-12(8-15(14)23-2)20-16(24)21-19-9-10-3-4-11(17)7-13(10)18/h3-9H,1-2H3,(H2,20,21,24). The van der Waals surface area contributed by atoms with Gasteiger partial charge in [-0.2, -0.15) is 5.10 Å². The van der Waals surface area contributed by atoms with Crippen LogP contribution in [0.15, 0.2) is 41.5 Å². The van der Waals surface area contributed by atoms with Crippen LogP contribution in [-0.2, 0) is 0 Å². The predicted octanol–water partition coefficient (Wildman–Crippen LogP) is 4.33. The van der Waals surface area contributed by atoms with Crippen molar-refractivity contribution in [3.8, 4) is 11.5 Å². The summed E-state index contributed by atoms with van der Waals surface area (Å²) >= 11 is 17.1. The van der Waals surface area contributed by atoms with Gasteiger partial charge in [-0.05, 0) is 36.5 Å². The van der Waals surface area contributed by atoms with E-state index in [2.05, 4.69) is 15.8 Å². The molecule has 0 aliphatic heterocycles. The van der Waals surface area contributed by atoms with E-state index in [1.807, 2.05) is 6.07 Å². The molecule has 0 fully saturated rings. The third-order valence-corrected chi connectivity index (χ3v) is 3.73. The second-order valence-electron chi connectivity index (χ2n) is 4.56. The minimum atomic E-state index is 0.323. The van der Waals surface area contributed by atoms with Gasteiger partial charge in [0.1, 0.15) is 0 Å². The molecule has 0 aliphatic carbocycles. The van der Waals surface area contributed by atoms with Crippen molar-refractivity contribution in [3.63, 3.8) is 0 Å². The van der Waals surface area contributed by atoms with Crippen molar-refractivity contribution >= 4 is 52.4 Å². The summed E-state index contributed by atoms with van der Waals surface area (Å²) in [6.07, 6.45) is 1.56. The van der Waals surface area contributed by atoms with Gasteiger partial charge in [0, 0.05) is 22.3 Å². The summed E-state index contributed by atoms with van der Waals surface area (Å²) in [5.41, 5.74) is 4.18. The molecule has 5 nitrogen and oxygen atoms in total. The highest BCUT2D eigenvalue weighted by atomic mass is 35.5. The van der Waals surface area contributed by atoms with Crippen molar-refractivity contribution in [1.82, 2.24) is 5.43 Å². The Morgan fingerprint density at radius 2 is 1.83 bits per heavy atom. The smallest absolute Gasteiger partial charge is 0.191 e. The Labute approximate surface area is 155 Å². The molecule has 0 bridgehead atoms. The van der Waals surface area contributed by atoms with E-state index in [1.165, 1.54) is 0 Å². The van der Waals surface area contributed by atoms with E-state index < -0.39 is 0 Å². The number of halogens is 2. The van der Waals surface area contributed by atoms with Gasteiger partial charge in [0.15, 0.2) is 16.6 Å². The molecule has 0 atom stereocenters. The summed E-state index contributed by atoms with van der Waals surface area (Å²) in [7, 11) is 3.14. The van der Waals surface area contributed by atoms with E-state index in [9.17, 15) is 0 Å². The maximum Gasteiger partial charge on any atom is 0.191 e. The zero-order valence-corrected chi connectivity index (χ0v) is 15.3. The second kappa shape index (κ2) is 8.73. The van der Waals surface area contributed by atoms with Crippen LogP contribution in [0.3, 0.4) is 0 Å². The Morgan fingerprint density at radius 3 is 2.50 bits per heavy atom. The van der Waals surface area contributed by atoms with E-state index in [-0.39, 0.29) is 0 Å². The van der Waals surface area contributed by atoms with Crippen molar-refractivity contribution in [2.45, 2.75) is 0 Å². The van der Waals surface area contributed by atoms with Gasteiger partial charge in [0.25, 0.3) is 0 Å². The van der Waals surface area contributed by atoms with E-state index in [1.54, 1.807) is 50.8 Å². The molecule has 2 N–H and O–H groups in total. The quantitative estimate of drug-likeness (QED) is 0.457. The fourth-order valence-corrected chi connectivity index (χ4v) is 2.47. The predicted molar refractivity (Wildman–Crippen MR) is 103 cm³/mol. The molecule has 0 aromatic heterocycles. The lowest BCUT2D eigenvalue weighted by atomic mass is 10.2. The lowest BCUT2D eigenvalue weighted by molar-refractivity contribution is 0.355. The van der Waals surface area contributed by atoms with Gasteiger partial charge in [0.05, 0.1) is 25.5 Å². The van der Waals surface area contributed by atoms with Crippen LogP contribution in [0, 0.1) is 0 Å². The van der Waals surface area contributed by atoms with Gasteiger partial charge in [0.2, 0.25) is 0 Å². The number of ether oxygens (including phenoxy) is 2. The summed E-state index contributed by atoms with van der Waals surface area (Å²) in [6.45, 7) is 0. The molecule has 0 unspecified atom stereocenters. The number of thiocarbonyl (C=S) groups is 1. The molecule has 0 heterocycles. The second-order valence-corrected chi connectivity index (χ2v) is 5.81. The number of rotatable bonds is 5. The lowest BCUT2D eigenvalue weighted by Crippen LogP contribution is -2.23. The first-order valence-corrected chi connectivity index (χ1v) is 7.97. The fourth-order valence-electron chi connectivity index (χ4n) is 1.84. The number of nitrogens with one attached hydrogen (secondary N) is 2. The van der Waals surface area contributed by atoms with E-state index in [0.717, 1.165) is 11.3 Å². The Balaban J connectivity index is 1.97. The Kier molecular flexibility index (Phi) is 6.66. The summed E-state index contributed by atoms with van der Waals surface area (Å²) in [6, 6.07) is 10.5. The third kappa shape index (κ3) is 4.99. The Morgan fingerprint density at radius 1 is 1.08 bits per heavy atom.